The minimum atomic E-state index is -1.73. The average Bonchev–Trinajstić information content (AvgIpc) is 3.14. The number of rotatable bonds is 8. The standard InChI is InChI=1S/2C8H11O.C2H4.2ClH.Zr/c2*9-7-3-6-8-4-1-2-5-8;1-2;;;/h2*4-5,9H,1,3,6-7H2;1H,2H3;2*1H;. The summed E-state index contributed by atoms with van der Waals surface area (Å²) in [5, 5.41) is 17.9. The van der Waals surface area contributed by atoms with Gasteiger partial charge in [0, 0.05) is 0 Å². The Kier molecular flexibility index (Phi) is 12.7. The van der Waals surface area contributed by atoms with Crippen molar-refractivity contribution < 1.29 is 31.5 Å². The number of allylic oxidation sites excluding steroid dienone is 8. The van der Waals surface area contributed by atoms with E-state index in [1.807, 2.05) is 0 Å². The molecule has 0 atom stereocenters. The van der Waals surface area contributed by atoms with Crippen molar-refractivity contribution in [1.82, 2.24) is 0 Å². The van der Waals surface area contributed by atoms with Gasteiger partial charge in [-0.05, 0) is 0 Å². The molecule has 0 saturated carbocycles. The van der Waals surface area contributed by atoms with E-state index < -0.39 is 21.3 Å². The van der Waals surface area contributed by atoms with E-state index >= 15 is 0 Å². The molecule has 2 aliphatic carbocycles. The Morgan fingerprint density at radius 1 is 0.913 bits per heavy atom. The molecule has 0 fully saturated rings. The number of hydrogen-bond acceptors (Lipinski definition) is 2. The molecule has 0 aromatic heterocycles. The van der Waals surface area contributed by atoms with Crippen LogP contribution in [0.2, 0.25) is 0 Å². The topological polar surface area (TPSA) is 40.5 Å². The van der Waals surface area contributed by atoms with E-state index in [-0.39, 0.29) is 38.0 Å². The molecule has 0 heterocycles. The van der Waals surface area contributed by atoms with Crippen molar-refractivity contribution in [3.63, 3.8) is 0 Å². The van der Waals surface area contributed by atoms with Crippen molar-refractivity contribution in [1.29, 1.82) is 0 Å². The first kappa shape index (κ1) is 23.2. The Morgan fingerprint density at radius 2 is 1.35 bits per heavy atom. The molecule has 0 aromatic rings. The summed E-state index contributed by atoms with van der Waals surface area (Å²) in [5.74, 6) is 0. The van der Waals surface area contributed by atoms with Crippen molar-refractivity contribution in [3.05, 3.63) is 42.0 Å². The normalized spacial score (nSPS) is 15.8. The number of halogens is 2. The second kappa shape index (κ2) is 12.6. The van der Waals surface area contributed by atoms with Gasteiger partial charge in [0.1, 0.15) is 0 Å². The van der Waals surface area contributed by atoms with Crippen molar-refractivity contribution in [3.8, 4) is 0 Å². The molecule has 2 rings (SSSR count). The molecule has 0 saturated heterocycles. The predicted octanol–water partition coefficient (Wildman–Crippen LogP) is 4.24. The smallest absolute Gasteiger partial charge is 0.147 e. The van der Waals surface area contributed by atoms with Gasteiger partial charge >= 0.3 is 136 Å². The van der Waals surface area contributed by atoms with E-state index in [4.69, 9.17) is 10.2 Å². The third-order valence-electron chi connectivity index (χ3n) is 4.12. The third-order valence-corrected chi connectivity index (χ3v) is 10.6. The van der Waals surface area contributed by atoms with Crippen LogP contribution in [0.5, 0.6) is 0 Å². The van der Waals surface area contributed by atoms with Crippen molar-refractivity contribution in [2.45, 2.75) is 45.4 Å². The van der Waals surface area contributed by atoms with Crippen LogP contribution in [-0.2, 0) is 21.3 Å². The van der Waals surface area contributed by atoms with Crippen LogP contribution in [0.3, 0.4) is 0 Å². The minimum absolute atomic E-state index is 0. The molecule has 0 spiro atoms. The van der Waals surface area contributed by atoms with Crippen molar-refractivity contribution in [2.24, 2.45) is 0 Å². The SMILES string of the molecule is C[CH]=[Zr]([C]1=CC(CCCO)=CC1)[C]1=CC(CCCO)=CC1.Cl.Cl. The van der Waals surface area contributed by atoms with E-state index in [0.29, 0.717) is 0 Å². The van der Waals surface area contributed by atoms with Crippen LogP contribution >= 0.6 is 24.8 Å². The van der Waals surface area contributed by atoms with Gasteiger partial charge in [-0.3, -0.25) is 0 Å². The van der Waals surface area contributed by atoms with Crippen LogP contribution < -0.4 is 0 Å². The zero-order valence-corrected chi connectivity index (χ0v) is 17.8. The zero-order chi connectivity index (χ0) is 15.1. The Morgan fingerprint density at radius 3 is 1.70 bits per heavy atom. The predicted molar refractivity (Wildman–Crippen MR) is 100 cm³/mol. The van der Waals surface area contributed by atoms with Crippen molar-refractivity contribution >= 4 is 28.5 Å². The van der Waals surface area contributed by atoms with Gasteiger partial charge in [0.05, 0.1) is 0 Å². The Labute approximate surface area is 160 Å². The summed E-state index contributed by atoms with van der Waals surface area (Å²) in [7, 11) is 0. The number of hydrogen-bond donors (Lipinski definition) is 2. The van der Waals surface area contributed by atoms with E-state index in [1.165, 1.54) is 11.1 Å². The maximum atomic E-state index is 8.94. The number of aliphatic hydroxyl groups excluding tert-OH is 2. The van der Waals surface area contributed by atoms with E-state index in [1.54, 1.807) is 6.56 Å². The number of aliphatic hydroxyl groups is 2. The molecule has 23 heavy (non-hydrogen) atoms. The van der Waals surface area contributed by atoms with Gasteiger partial charge in [0.15, 0.2) is 0 Å². The quantitative estimate of drug-likeness (QED) is 0.595. The summed E-state index contributed by atoms with van der Waals surface area (Å²) < 4.78 is 5.85. The minimum Gasteiger partial charge on any atom is -0.147 e. The van der Waals surface area contributed by atoms with Gasteiger partial charge < -0.3 is 0 Å². The largest absolute Gasteiger partial charge is 0.147 e. The van der Waals surface area contributed by atoms with Gasteiger partial charge in [-0.25, -0.2) is 0 Å². The summed E-state index contributed by atoms with van der Waals surface area (Å²) in [6.07, 6.45) is 15.6. The Balaban J connectivity index is 0.00000242. The Hall–Kier alpha value is 0.213. The molecule has 0 bridgehead atoms. The van der Waals surface area contributed by atoms with Crippen LogP contribution in [0.4, 0.5) is 0 Å². The summed E-state index contributed by atoms with van der Waals surface area (Å²) in [6.45, 7) is 2.80. The van der Waals surface area contributed by atoms with E-state index in [2.05, 4.69) is 34.9 Å². The molecule has 5 heteroatoms. The second-order valence-electron chi connectivity index (χ2n) is 5.66. The third kappa shape index (κ3) is 6.92. The molecule has 0 amide bonds. The molecule has 2 aliphatic rings. The molecule has 0 aliphatic heterocycles. The molecule has 0 radical (unpaired) electrons. The van der Waals surface area contributed by atoms with Crippen LogP contribution in [0.1, 0.15) is 45.4 Å². The molecule has 2 nitrogen and oxygen atoms in total. The molecule has 130 valence electrons. The summed E-state index contributed by atoms with van der Waals surface area (Å²) in [4.78, 5) is 0. The maximum absolute atomic E-state index is 8.94. The molecule has 0 unspecified atom stereocenters. The fraction of sp³-hybridized carbons (Fsp3) is 0.500. The van der Waals surface area contributed by atoms with Crippen LogP contribution in [0.25, 0.3) is 0 Å². The molecular weight excluding hydrogens is 410 g/mol. The molecule has 2 N–H and O–H groups in total. The van der Waals surface area contributed by atoms with E-state index in [0.717, 1.165) is 38.5 Å². The fourth-order valence-corrected chi connectivity index (χ4v) is 9.13. The van der Waals surface area contributed by atoms with Gasteiger partial charge in [-0.1, -0.05) is 0 Å². The molecular formula is C18H28Cl2O2Zr. The zero-order valence-electron chi connectivity index (χ0n) is 13.8. The maximum Gasteiger partial charge on any atom is -0.147 e. The van der Waals surface area contributed by atoms with Crippen molar-refractivity contribution in [2.75, 3.05) is 13.2 Å². The van der Waals surface area contributed by atoms with Crippen LogP contribution in [0.15, 0.2) is 42.0 Å². The fourth-order valence-electron chi connectivity index (χ4n) is 3.03. The van der Waals surface area contributed by atoms with Gasteiger partial charge in [-0.2, -0.15) is 0 Å². The summed E-state index contributed by atoms with van der Waals surface area (Å²) in [5.41, 5.74) is 2.84. The summed E-state index contributed by atoms with van der Waals surface area (Å²) >= 11 is -1.73. The average molecular weight is 439 g/mol. The van der Waals surface area contributed by atoms with Crippen LogP contribution in [-0.4, -0.2) is 27.1 Å². The second-order valence-corrected chi connectivity index (χ2v) is 12.3. The van der Waals surface area contributed by atoms with Gasteiger partial charge in [0.25, 0.3) is 0 Å². The monoisotopic (exact) mass is 436 g/mol. The van der Waals surface area contributed by atoms with E-state index in [9.17, 15) is 0 Å². The first-order valence-corrected chi connectivity index (χ1v) is 11.8. The van der Waals surface area contributed by atoms with Gasteiger partial charge in [0.2, 0.25) is 0 Å². The molecule has 0 aromatic carbocycles. The van der Waals surface area contributed by atoms with Crippen LogP contribution in [0, 0.1) is 0 Å². The Bertz CT molecular complexity index is 487. The first-order valence-electron chi connectivity index (χ1n) is 7.96. The first-order chi connectivity index (χ1) is 10.3. The summed E-state index contributed by atoms with van der Waals surface area (Å²) in [6, 6.07) is 0. The van der Waals surface area contributed by atoms with Gasteiger partial charge in [-0.15, -0.1) is 24.8 Å².